The molecule has 3 aromatic rings. The van der Waals surface area contributed by atoms with E-state index in [9.17, 15) is 19.8 Å². The first-order chi connectivity index (χ1) is 14.0. The molecule has 29 heavy (non-hydrogen) atoms. The number of aryl methyl sites for hydroxylation is 1. The third-order valence-electron chi connectivity index (χ3n) is 5.05. The number of ketones is 1. The monoisotopic (exact) mass is 388 g/mol. The lowest BCUT2D eigenvalue weighted by molar-refractivity contribution is -0.141. The summed E-state index contributed by atoms with van der Waals surface area (Å²) in [6.45, 7) is 0. The molecule has 3 rings (SSSR count). The summed E-state index contributed by atoms with van der Waals surface area (Å²) in [6.07, 6.45) is 2.01. The second-order valence-electron chi connectivity index (χ2n) is 7.16. The van der Waals surface area contributed by atoms with Crippen molar-refractivity contribution in [1.82, 2.24) is 0 Å². The normalized spacial score (nSPS) is 11.7. The minimum Gasteiger partial charge on any atom is -0.508 e. The summed E-state index contributed by atoms with van der Waals surface area (Å²) in [6, 6.07) is 23.9. The van der Waals surface area contributed by atoms with Crippen molar-refractivity contribution in [3.05, 3.63) is 90.0 Å². The number of phenolic OH excluding ortho intramolecular Hbond substituents is 1. The van der Waals surface area contributed by atoms with Gasteiger partial charge in [0.05, 0.1) is 5.92 Å². The molecule has 0 radical (unpaired) electrons. The van der Waals surface area contributed by atoms with Crippen LogP contribution in [0.4, 0.5) is 0 Å². The Labute approximate surface area is 170 Å². The highest BCUT2D eigenvalue weighted by molar-refractivity contribution is 5.98. The van der Waals surface area contributed by atoms with Crippen LogP contribution < -0.4 is 0 Å². The maximum atomic E-state index is 12.6. The Kier molecular flexibility index (Phi) is 6.80. The lowest BCUT2D eigenvalue weighted by Crippen LogP contribution is -2.18. The van der Waals surface area contributed by atoms with Gasteiger partial charge in [0, 0.05) is 12.0 Å². The van der Waals surface area contributed by atoms with Gasteiger partial charge >= 0.3 is 5.97 Å². The molecule has 0 aromatic heterocycles. The Morgan fingerprint density at radius 1 is 0.793 bits per heavy atom. The third-order valence-corrected chi connectivity index (χ3v) is 5.05. The molecule has 3 aromatic carbocycles. The van der Waals surface area contributed by atoms with Gasteiger partial charge in [0.15, 0.2) is 5.78 Å². The molecule has 2 N–H and O–H groups in total. The molecule has 1 atom stereocenters. The van der Waals surface area contributed by atoms with Gasteiger partial charge in [-0.3, -0.25) is 9.59 Å². The fourth-order valence-corrected chi connectivity index (χ4v) is 3.35. The van der Waals surface area contributed by atoms with Crippen LogP contribution in [0, 0.1) is 5.92 Å². The molecule has 0 aliphatic heterocycles. The van der Waals surface area contributed by atoms with Gasteiger partial charge in [-0.2, -0.15) is 0 Å². The van der Waals surface area contributed by atoms with Crippen LogP contribution in [-0.4, -0.2) is 22.0 Å². The molecule has 0 bridgehead atoms. The molecule has 0 amide bonds. The van der Waals surface area contributed by atoms with E-state index in [1.165, 1.54) is 5.56 Å². The summed E-state index contributed by atoms with van der Waals surface area (Å²) < 4.78 is 0. The maximum absolute atomic E-state index is 12.6. The van der Waals surface area contributed by atoms with E-state index in [1.54, 1.807) is 36.4 Å². The summed E-state index contributed by atoms with van der Waals surface area (Å²) in [7, 11) is 0. The van der Waals surface area contributed by atoms with Crippen molar-refractivity contribution in [3.8, 4) is 16.9 Å². The minimum absolute atomic E-state index is 0.00266. The second-order valence-corrected chi connectivity index (χ2v) is 7.16. The number of carbonyl (C=O) groups is 2. The number of phenols is 1. The highest BCUT2D eigenvalue weighted by Gasteiger charge is 2.21. The summed E-state index contributed by atoms with van der Waals surface area (Å²) in [5, 5.41) is 18.9. The molecule has 4 heteroatoms. The Morgan fingerprint density at radius 3 is 1.97 bits per heavy atom. The molecule has 0 heterocycles. The van der Waals surface area contributed by atoms with Crippen molar-refractivity contribution in [3.63, 3.8) is 0 Å². The zero-order valence-electron chi connectivity index (χ0n) is 16.1. The number of rotatable bonds is 9. The van der Waals surface area contributed by atoms with Crippen LogP contribution >= 0.6 is 0 Å². The van der Waals surface area contributed by atoms with E-state index in [4.69, 9.17) is 0 Å². The number of hydrogen-bond donors (Lipinski definition) is 2. The molecule has 0 aliphatic carbocycles. The average Bonchev–Trinajstić information content (AvgIpc) is 2.74. The van der Waals surface area contributed by atoms with Crippen LogP contribution in [0.5, 0.6) is 5.75 Å². The van der Waals surface area contributed by atoms with Crippen LogP contribution in [0.15, 0.2) is 78.9 Å². The van der Waals surface area contributed by atoms with Gasteiger partial charge in [-0.15, -0.1) is 0 Å². The van der Waals surface area contributed by atoms with Crippen molar-refractivity contribution in [1.29, 1.82) is 0 Å². The summed E-state index contributed by atoms with van der Waals surface area (Å²) in [5.74, 6) is -1.56. The summed E-state index contributed by atoms with van der Waals surface area (Å²) in [5.41, 5.74) is 3.56. The number of aromatic hydroxyl groups is 1. The smallest absolute Gasteiger partial charge is 0.306 e. The number of aliphatic carboxylic acids is 1. The van der Waals surface area contributed by atoms with Crippen molar-refractivity contribution >= 4 is 11.8 Å². The zero-order valence-corrected chi connectivity index (χ0v) is 16.1. The maximum Gasteiger partial charge on any atom is 0.306 e. The van der Waals surface area contributed by atoms with E-state index < -0.39 is 11.9 Å². The van der Waals surface area contributed by atoms with E-state index in [-0.39, 0.29) is 18.0 Å². The molecule has 4 nitrogen and oxygen atoms in total. The number of benzene rings is 3. The fourth-order valence-electron chi connectivity index (χ4n) is 3.35. The highest BCUT2D eigenvalue weighted by atomic mass is 16.4. The van der Waals surface area contributed by atoms with Crippen molar-refractivity contribution < 1.29 is 19.8 Å². The number of carboxylic acids is 1. The quantitative estimate of drug-likeness (QED) is 0.484. The average molecular weight is 388 g/mol. The van der Waals surface area contributed by atoms with Crippen molar-refractivity contribution in [2.24, 2.45) is 5.92 Å². The predicted molar refractivity (Wildman–Crippen MR) is 113 cm³/mol. The fraction of sp³-hybridized carbons (Fsp3) is 0.200. The van der Waals surface area contributed by atoms with Crippen LogP contribution in [0.3, 0.4) is 0 Å². The molecule has 0 aliphatic rings. The van der Waals surface area contributed by atoms with E-state index in [0.717, 1.165) is 24.0 Å². The van der Waals surface area contributed by atoms with Crippen LogP contribution in [0.25, 0.3) is 11.1 Å². The van der Waals surface area contributed by atoms with Gasteiger partial charge < -0.3 is 10.2 Å². The van der Waals surface area contributed by atoms with E-state index >= 15 is 0 Å². The second kappa shape index (κ2) is 9.69. The minimum atomic E-state index is -0.924. The molecule has 0 saturated carbocycles. The SMILES string of the molecule is O=C(CC(CCCc1ccccc1)C(=O)O)c1ccc(-c2ccc(O)cc2)cc1. The van der Waals surface area contributed by atoms with E-state index in [2.05, 4.69) is 0 Å². The van der Waals surface area contributed by atoms with Gasteiger partial charge in [-0.1, -0.05) is 66.7 Å². The van der Waals surface area contributed by atoms with Crippen LogP contribution in [0.2, 0.25) is 0 Å². The number of Topliss-reactive ketones (excluding diaryl/α,β-unsaturated/α-hetero) is 1. The number of carbonyl (C=O) groups excluding carboxylic acids is 1. The zero-order chi connectivity index (χ0) is 20.6. The lowest BCUT2D eigenvalue weighted by atomic mass is 9.92. The van der Waals surface area contributed by atoms with E-state index in [1.807, 2.05) is 42.5 Å². The Morgan fingerprint density at radius 2 is 1.38 bits per heavy atom. The molecular formula is C25H24O4. The lowest BCUT2D eigenvalue weighted by Gasteiger charge is -2.12. The van der Waals surface area contributed by atoms with Gasteiger partial charge in [0.25, 0.3) is 0 Å². The third kappa shape index (κ3) is 5.79. The topological polar surface area (TPSA) is 74.6 Å². The largest absolute Gasteiger partial charge is 0.508 e. The van der Waals surface area contributed by atoms with Gasteiger partial charge in [0.2, 0.25) is 0 Å². The van der Waals surface area contributed by atoms with Crippen LogP contribution in [-0.2, 0) is 11.2 Å². The van der Waals surface area contributed by atoms with Crippen molar-refractivity contribution in [2.75, 3.05) is 0 Å². The first-order valence-electron chi connectivity index (χ1n) is 9.72. The van der Waals surface area contributed by atoms with Crippen molar-refractivity contribution in [2.45, 2.75) is 25.7 Å². The molecule has 1 unspecified atom stereocenters. The first kappa shape index (κ1) is 20.3. The molecule has 0 fully saturated rings. The van der Waals surface area contributed by atoms with Gasteiger partial charge in [0.1, 0.15) is 5.75 Å². The standard InChI is InChI=1S/C25H24O4/c26-23-15-13-20(14-16-23)19-9-11-21(12-10-19)24(27)17-22(25(28)29)8-4-7-18-5-2-1-3-6-18/h1-3,5-6,9-16,22,26H,4,7-8,17H2,(H,28,29). The predicted octanol–water partition coefficient (Wildman–Crippen LogP) is 5.36. The van der Waals surface area contributed by atoms with Crippen LogP contribution in [0.1, 0.15) is 35.2 Å². The van der Waals surface area contributed by atoms with E-state index in [0.29, 0.717) is 12.0 Å². The van der Waals surface area contributed by atoms with Gasteiger partial charge in [-0.05, 0) is 48.1 Å². The molecular weight excluding hydrogens is 364 g/mol. The molecule has 0 saturated heterocycles. The Bertz CT molecular complexity index is 944. The summed E-state index contributed by atoms with van der Waals surface area (Å²) >= 11 is 0. The Balaban J connectivity index is 1.59. The highest BCUT2D eigenvalue weighted by Crippen LogP contribution is 2.23. The molecule has 0 spiro atoms. The van der Waals surface area contributed by atoms with Gasteiger partial charge in [-0.25, -0.2) is 0 Å². The number of carboxylic acid groups (broad SMARTS) is 1. The first-order valence-corrected chi connectivity index (χ1v) is 9.72. The molecule has 148 valence electrons. The Hall–Kier alpha value is -3.40. The summed E-state index contributed by atoms with van der Waals surface area (Å²) in [4.78, 5) is 24.2. The number of hydrogen-bond acceptors (Lipinski definition) is 3.